The van der Waals surface area contributed by atoms with Gasteiger partial charge in [-0.1, -0.05) is 25.9 Å². The van der Waals surface area contributed by atoms with Crippen LogP contribution < -0.4 is 5.73 Å². The molecule has 1 rings (SSSR count). The number of nitrogens with zero attached hydrogens (tertiary/aromatic N) is 1. The summed E-state index contributed by atoms with van der Waals surface area (Å²) >= 11 is 0. The largest absolute Gasteiger partial charge is 0.381 e. The highest BCUT2D eigenvalue weighted by atomic mass is 16.5. The first-order chi connectivity index (χ1) is 5.90. The van der Waals surface area contributed by atoms with Crippen molar-refractivity contribution in [2.75, 3.05) is 5.73 Å². The van der Waals surface area contributed by atoms with E-state index in [1.807, 2.05) is 6.92 Å². The van der Waals surface area contributed by atoms with Crippen LogP contribution in [0.4, 0.5) is 5.82 Å². The molecule has 3 nitrogen and oxygen atoms in total. The molecule has 13 heavy (non-hydrogen) atoms. The second-order valence-electron chi connectivity index (χ2n) is 4.68. The Morgan fingerprint density at radius 2 is 2.00 bits per heavy atom. The highest BCUT2D eigenvalue weighted by Crippen LogP contribution is 2.24. The quantitative estimate of drug-likeness (QED) is 0.764. The van der Waals surface area contributed by atoms with E-state index >= 15 is 0 Å². The third-order valence-corrected chi connectivity index (χ3v) is 2.16. The maximum atomic E-state index is 5.58. The van der Waals surface area contributed by atoms with Gasteiger partial charge in [0.1, 0.15) is 5.76 Å². The Bertz CT molecular complexity index is 284. The molecule has 0 radical (unpaired) electrons. The molecule has 3 heteroatoms. The van der Waals surface area contributed by atoms with Crippen molar-refractivity contribution in [3.63, 3.8) is 0 Å². The van der Waals surface area contributed by atoms with Gasteiger partial charge in [-0.2, -0.15) is 0 Å². The molecule has 74 valence electrons. The summed E-state index contributed by atoms with van der Waals surface area (Å²) in [6.45, 7) is 8.58. The van der Waals surface area contributed by atoms with Gasteiger partial charge in [-0.15, -0.1) is 0 Å². The first-order valence-electron chi connectivity index (χ1n) is 4.61. The van der Waals surface area contributed by atoms with Crippen LogP contribution in [-0.4, -0.2) is 5.16 Å². The van der Waals surface area contributed by atoms with E-state index in [4.69, 9.17) is 10.3 Å². The Hall–Kier alpha value is -0.990. The van der Waals surface area contributed by atoms with E-state index in [9.17, 15) is 0 Å². The SMILES string of the molecule is Cc1c(N)noc1CCC(C)(C)C. The van der Waals surface area contributed by atoms with Crippen LogP contribution in [0.3, 0.4) is 0 Å². The Kier molecular flexibility index (Phi) is 2.64. The lowest BCUT2D eigenvalue weighted by atomic mass is 9.89. The van der Waals surface area contributed by atoms with Gasteiger partial charge < -0.3 is 10.3 Å². The minimum atomic E-state index is 0.327. The van der Waals surface area contributed by atoms with E-state index in [1.165, 1.54) is 0 Å². The molecule has 1 aromatic heterocycles. The number of rotatable bonds is 2. The molecule has 0 aliphatic carbocycles. The van der Waals surface area contributed by atoms with Gasteiger partial charge in [0, 0.05) is 12.0 Å². The Labute approximate surface area is 79.3 Å². The molecule has 0 bridgehead atoms. The predicted octanol–water partition coefficient (Wildman–Crippen LogP) is 2.54. The molecule has 0 atom stereocenters. The van der Waals surface area contributed by atoms with Crippen molar-refractivity contribution in [3.05, 3.63) is 11.3 Å². The van der Waals surface area contributed by atoms with Crippen LogP contribution in [0.1, 0.15) is 38.5 Å². The summed E-state index contributed by atoms with van der Waals surface area (Å²) in [6, 6.07) is 0. The normalized spacial score (nSPS) is 12.0. The topological polar surface area (TPSA) is 52.0 Å². The van der Waals surface area contributed by atoms with Gasteiger partial charge >= 0.3 is 0 Å². The van der Waals surface area contributed by atoms with Gasteiger partial charge in [-0.25, -0.2) is 0 Å². The number of anilines is 1. The van der Waals surface area contributed by atoms with Crippen molar-refractivity contribution in [3.8, 4) is 0 Å². The molecule has 0 spiro atoms. The molecule has 0 fully saturated rings. The summed E-state index contributed by atoms with van der Waals surface area (Å²) in [6.07, 6.45) is 2.00. The zero-order valence-electron chi connectivity index (χ0n) is 8.85. The predicted molar refractivity (Wildman–Crippen MR) is 53.4 cm³/mol. The van der Waals surface area contributed by atoms with Crippen LogP contribution in [0.15, 0.2) is 4.52 Å². The third-order valence-electron chi connectivity index (χ3n) is 2.16. The van der Waals surface area contributed by atoms with Crippen molar-refractivity contribution in [1.29, 1.82) is 0 Å². The van der Waals surface area contributed by atoms with Crippen molar-refractivity contribution in [2.45, 2.75) is 40.5 Å². The molecule has 0 amide bonds. The standard InChI is InChI=1S/C10H18N2O/c1-7-8(13-12-9(7)11)5-6-10(2,3)4/h5-6H2,1-4H3,(H2,11,12). The molecular weight excluding hydrogens is 164 g/mol. The average molecular weight is 182 g/mol. The summed E-state index contributed by atoms with van der Waals surface area (Å²) in [5.74, 6) is 1.44. The third kappa shape index (κ3) is 2.76. The second kappa shape index (κ2) is 3.40. The lowest BCUT2D eigenvalue weighted by Gasteiger charge is -2.16. The maximum Gasteiger partial charge on any atom is 0.169 e. The molecule has 0 saturated carbocycles. The summed E-state index contributed by atoms with van der Waals surface area (Å²) in [4.78, 5) is 0. The fraction of sp³-hybridized carbons (Fsp3) is 0.700. The van der Waals surface area contributed by atoms with E-state index in [2.05, 4.69) is 25.9 Å². The fourth-order valence-corrected chi connectivity index (χ4v) is 1.11. The first kappa shape index (κ1) is 10.1. The Balaban J connectivity index is 2.60. The van der Waals surface area contributed by atoms with Crippen molar-refractivity contribution in [2.24, 2.45) is 5.41 Å². The second-order valence-corrected chi connectivity index (χ2v) is 4.68. The van der Waals surface area contributed by atoms with Crippen LogP contribution >= 0.6 is 0 Å². The van der Waals surface area contributed by atoms with E-state index in [0.717, 1.165) is 24.2 Å². The lowest BCUT2D eigenvalue weighted by Crippen LogP contribution is -2.06. The molecular formula is C10H18N2O. The van der Waals surface area contributed by atoms with Gasteiger partial charge in [0.05, 0.1) is 0 Å². The Morgan fingerprint density at radius 3 is 2.38 bits per heavy atom. The van der Waals surface area contributed by atoms with E-state index in [-0.39, 0.29) is 0 Å². The minimum Gasteiger partial charge on any atom is -0.381 e. The summed E-state index contributed by atoms with van der Waals surface area (Å²) in [5, 5.41) is 3.72. The molecule has 0 aliphatic heterocycles. The van der Waals surface area contributed by atoms with Crippen molar-refractivity contribution < 1.29 is 4.52 Å². The zero-order valence-corrected chi connectivity index (χ0v) is 8.85. The van der Waals surface area contributed by atoms with Crippen LogP contribution in [-0.2, 0) is 6.42 Å². The Morgan fingerprint density at radius 1 is 1.38 bits per heavy atom. The van der Waals surface area contributed by atoms with Gasteiger partial charge in [0.15, 0.2) is 5.82 Å². The van der Waals surface area contributed by atoms with Crippen molar-refractivity contribution >= 4 is 5.82 Å². The smallest absolute Gasteiger partial charge is 0.169 e. The molecule has 0 unspecified atom stereocenters. The number of aromatic nitrogens is 1. The zero-order chi connectivity index (χ0) is 10.1. The highest BCUT2D eigenvalue weighted by Gasteiger charge is 2.14. The monoisotopic (exact) mass is 182 g/mol. The number of hydrogen-bond donors (Lipinski definition) is 1. The van der Waals surface area contributed by atoms with Gasteiger partial charge in [-0.3, -0.25) is 0 Å². The van der Waals surface area contributed by atoms with Crippen molar-refractivity contribution in [1.82, 2.24) is 5.16 Å². The van der Waals surface area contributed by atoms with E-state index in [1.54, 1.807) is 0 Å². The van der Waals surface area contributed by atoms with Crippen LogP contribution in [0.25, 0.3) is 0 Å². The maximum absolute atomic E-state index is 5.58. The van der Waals surface area contributed by atoms with Gasteiger partial charge in [0.25, 0.3) is 0 Å². The minimum absolute atomic E-state index is 0.327. The number of nitrogens with two attached hydrogens (primary N) is 1. The molecule has 0 saturated heterocycles. The van der Waals surface area contributed by atoms with E-state index in [0.29, 0.717) is 11.2 Å². The van der Waals surface area contributed by atoms with Crippen LogP contribution in [0.5, 0.6) is 0 Å². The first-order valence-corrected chi connectivity index (χ1v) is 4.61. The van der Waals surface area contributed by atoms with Crippen LogP contribution in [0, 0.1) is 12.3 Å². The summed E-state index contributed by atoms with van der Waals surface area (Å²) < 4.78 is 5.12. The molecule has 0 aliphatic rings. The van der Waals surface area contributed by atoms with Gasteiger partial charge in [0.2, 0.25) is 0 Å². The lowest BCUT2D eigenvalue weighted by molar-refractivity contribution is 0.332. The summed E-state index contributed by atoms with van der Waals surface area (Å²) in [5.41, 5.74) is 6.89. The number of hydrogen-bond acceptors (Lipinski definition) is 3. The summed E-state index contributed by atoms with van der Waals surface area (Å²) in [7, 11) is 0. The average Bonchev–Trinajstić information content (AvgIpc) is 2.29. The van der Waals surface area contributed by atoms with Gasteiger partial charge in [-0.05, 0) is 18.8 Å². The van der Waals surface area contributed by atoms with Crippen LogP contribution in [0.2, 0.25) is 0 Å². The molecule has 2 N–H and O–H groups in total. The molecule has 0 aromatic carbocycles. The number of nitrogen functional groups attached to an aromatic ring is 1. The number of aryl methyl sites for hydroxylation is 1. The highest BCUT2D eigenvalue weighted by molar-refractivity contribution is 5.38. The molecule has 1 aromatic rings. The van der Waals surface area contributed by atoms with E-state index < -0.39 is 0 Å². The fourth-order valence-electron chi connectivity index (χ4n) is 1.11. The molecule has 1 heterocycles.